The van der Waals surface area contributed by atoms with E-state index in [-0.39, 0.29) is 10.8 Å². The highest BCUT2D eigenvalue weighted by Gasteiger charge is 2.22. The van der Waals surface area contributed by atoms with E-state index in [0.717, 1.165) is 18.9 Å². The normalized spacial score (nSPS) is 12.1. The van der Waals surface area contributed by atoms with Crippen LogP contribution in [0.25, 0.3) is 0 Å². The Morgan fingerprint density at radius 3 is 2.10 bits per heavy atom. The second kappa shape index (κ2) is 10.2. The van der Waals surface area contributed by atoms with Gasteiger partial charge in [-0.3, -0.25) is 9.59 Å². The average molecular weight is 434 g/mol. The first-order chi connectivity index (χ1) is 14.2. The zero-order chi connectivity index (χ0) is 22.3. The number of hydrogen-bond donors (Lipinski definition) is 3. The highest BCUT2D eigenvalue weighted by Crippen LogP contribution is 2.16. The monoisotopic (exact) mass is 433 g/mol. The fraction of sp³-hybridized carbons (Fsp3) is 0.350. The lowest BCUT2D eigenvalue weighted by atomic mass is 10.3. The van der Waals surface area contributed by atoms with Gasteiger partial charge in [0.15, 0.2) is 0 Å². The molecule has 0 aliphatic rings. The van der Waals surface area contributed by atoms with Crippen molar-refractivity contribution in [3.63, 3.8) is 0 Å². The van der Waals surface area contributed by atoms with Crippen LogP contribution in [0.1, 0.15) is 27.7 Å². The molecule has 1 atom stereocenters. The van der Waals surface area contributed by atoms with Gasteiger partial charge in [0.25, 0.3) is 0 Å². The van der Waals surface area contributed by atoms with Crippen molar-refractivity contribution in [1.82, 2.24) is 9.71 Å². The number of sulfonamides is 1. The summed E-state index contributed by atoms with van der Waals surface area (Å²) in [6, 6.07) is 8.18. The number of pyridine rings is 1. The molecule has 1 heterocycles. The van der Waals surface area contributed by atoms with Crippen molar-refractivity contribution in [3.05, 3.63) is 42.6 Å². The van der Waals surface area contributed by atoms with Crippen molar-refractivity contribution >= 4 is 39.0 Å². The highest BCUT2D eigenvalue weighted by molar-refractivity contribution is 7.89. The largest absolute Gasteiger partial charge is 0.357 e. The lowest BCUT2D eigenvalue weighted by Crippen LogP contribution is -2.41. The molecule has 9 nitrogen and oxygen atoms in total. The van der Waals surface area contributed by atoms with Gasteiger partial charge in [0.1, 0.15) is 5.82 Å². The SMILES string of the molecule is CCN(CC)c1ccc(NC(=O)[C@H](C)NS(=O)(=O)c2ccc(NC(C)=O)cc2)cn1. The first-order valence-corrected chi connectivity index (χ1v) is 11.1. The molecule has 1 aromatic carbocycles. The Hall–Kier alpha value is -2.98. The topological polar surface area (TPSA) is 121 Å². The summed E-state index contributed by atoms with van der Waals surface area (Å²) in [5.74, 6) is 0.0361. The summed E-state index contributed by atoms with van der Waals surface area (Å²) in [6.45, 7) is 8.51. The number of amides is 2. The van der Waals surface area contributed by atoms with E-state index in [2.05, 4.69) is 25.2 Å². The lowest BCUT2D eigenvalue weighted by Gasteiger charge is -2.20. The second-order valence-electron chi connectivity index (χ2n) is 6.62. The van der Waals surface area contributed by atoms with Crippen LogP contribution in [0.3, 0.4) is 0 Å². The maximum absolute atomic E-state index is 12.5. The van der Waals surface area contributed by atoms with Gasteiger partial charge in [-0.25, -0.2) is 13.4 Å². The Morgan fingerprint density at radius 2 is 1.60 bits per heavy atom. The van der Waals surface area contributed by atoms with Gasteiger partial charge in [0.2, 0.25) is 21.8 Å². The number of aromatic nitrogens is 1. The highest BCUT2D eigenvalue weighted by atomic mass is 32.2. The van der Waals surface area contributed by atoms with Crippen LogP contribution < -0.4 is 20.3 Å². The minimum absolute atomic E-state index is 0.0125. The smallest absolute Gasteiger partial charge is 0.242 e. The maximum atomic E-state index is 12.5. The summed E-state index contributed by atoms with van der Waals surface area (Å²) in [4.78, 5) is 29.8. The van der Waals surface area contributed by atoms with Crippen LogP contribution in [-0.4, -0.2) is 44.3 Å². The predicted octanol–water partition coefficient (Wildman–Crippen LogP) is 2.19. The van der Waals surface area contributed by atoms with Gasteiger partial charge in [-0.2, -0.15) is 4.72 Å². The minimum Gasteiger partial charge on any atom is -0.357 e. The molecule has 0 radical (unpaired) electrons. The van der Waals surface area contributed by atoms with Gasteiger partial charge in [-0.1, -0.05) is 0 Å². The third-order valence-electron chi connectivity index (χ3n) is 4.31. The van der Waals surface area contributed by atoms with E-state index in [0.29, 0.717) is 11.4 Å². The van der Waals surface area contributed by atoms with E-state index in [4.69, 9.17) is 0 Å². The quantitative estimate of drug-likeness (QED) is 0.558. The van der Waals surface area contributed by atoms with Gasteiger partial charge >= 0.3 is 0 Å². The fourth-order valence-electron chi connectivity index (χ4n) is 2.72. The van der Waals surface area contributed by atoms with E-state index in [1.54, 1.807) is 12.1 Å². The molecule has 1 aromatic heterocycles. The Bertz CT molecular complexity index is 971. The molecule has 0 unspecified atom stereocenters. The number of benzene rings is 1. The Balaban J connectivity index is 2.01. The van der Waals surface area contributed by atoms with Crippen LogP contribution in [0.4, 0.5) is 17.2 Å². The van der Waals surface area contributed by atoms with Crippen LogP contribution in [0.15, 0.2) is 47.5 Å². The third kappa shape index (κ3) is 6.26. The number of carbonyl (C=O) groups is 2. The fourth-order valence-corrected chi connectivity index (χ4v) is 3.92. The molecule has 0 fully saturated rings. The van der Waals surface area contributed by atoms with Crippen molar-refractivity contribution in [2.24, 2.45) is 0 Å². The Kier molecular flexibility index (Phi) is 7.90. The van der Waals surface area contributed by atoms with Crippen molar-refractivity contribution in [1.29, 1.82) is 0 Å². The van der Waals surface area contributed by atoms with E-state index in [9.17, 15) is 18.0 Å². The van der Waals surface area contributed by atoms with Gasteiger partial charge in [0, 0.05) is 25.7 Å². The van der Waals surface area contributed by atoms with Crippen LogP contribution >= 0.6 is 0 Å². The number of hydrogen-bond acceptors (Lipinski definition) is 6. The van der Waals surface area contributed by atoms with Gasteiger partial charge in [-0.05, 0) is 57.2 Å². The van der Waals surface area contributed by atoms with E-state index in [1.807, 2.05) is 13.8 Å². The molecular formula is C20H27N5O4S. The number of rotatable bonds is 9. The standard InChI is InChI=1S/C20H27N5O4S/c1-5-25(6-2)19-12-9-17(13-21-19)23-20(27)14(3)24-30(28,29)18-10-7-16(8-11-18)22-15(4)26/h7-14,24H,5-6H2,1-4H3,(H,22,26)(H,23,27)/t14-/m0/s1. The first kappa shape index (κ1) is 23.3. The third-order valence-corrected chi connectivity index (χ3v) is 5.87. The molecule has 2 amide bonds. The van der Waals surface area contributed by atoms with Crippen LogP contribution in [0.2, 0.25) is 0 Å². The van der Waals surface area contributed by atoms with Crippen LogP contribution in [0.5, 0.6) is 0 Å². The summed E-state index contributed by atoms with van der Waals surface area (Å²) in [5, 5.41) is 5.21. The maximum Gasteiger partial charge on any atom is 0.242 e. The molecule has 2 aromatic rings. The van der Waals surface area contributed by atoms with E-state index >= 15 is 0 Å². The molecule has 0 saturated heterocycles. The summed E-state index contributed by atoms with van der Waals surface area (Å²) < 4.78 is 27.4. The summed E-state index contributed by atoms with van der Waals surface area (Å²) >= 11 is 0. The number of nitrogens with one attached hydrogen (secondary N) is 3. The van der Waals surface area contributed by atoms with Crippen LogP contribution in [-0.2, 0) is 19.6 Å². The number of anilines is 3. The molecular weight excluding hydrogens is 406 g/mol. The Labute approximate surface area is 176 Å². The summed E-state index contributed by atoms with van der Waals surface area (Å²) in [5.41, 5.74) is 0.953. The van der Waals surface area contributed by atoms with Gasteiger partial charge in [-0.15, -0.1) is 0 Å². The molecule has 2 rings (SSSR count). The van der Waals surface area contributed by atoms with Crippen LogP contribution in [0, 0.1) is 0 Å². The van der Waals surface area contributed by atoms with Crippen molar-refractivity contribution in [2.45, 2.75) is 38.6 Å². The molecule has 0 aliphatic carbocycles. The summed E-state index contributed by atoms with van der Waals surface area (Å²) in [7, 11) is -3.91. The summed E-state index contributed by atoms with van der Waals surface area (Å²) in [6.07, 6.45) is 1.54. The van der Waals surface area contributed by atoms with Crippen molar-refractivity contribution < 1.29 is 18.0 Å². The Morgan fingerprint density at radius 1 is 1.00 bits per heavy atom. The van der Waals surface area contributed by atoms with E-state index < -0.39 is 22.0 Å². The molecule has 10 heteroatoms. The first-order valence-electron chi connectivity index (χ1n) is 9.58. The molecule has 0 bridgehead atoms. The minimum atomic E-state index is -3.91. The molecule has 162 valence electrons. The molecule has 0 aliphatic heterocycles. The molecule has 3 N–H and O–H groups in total. The zero-order valence-corrected chi connectivity index (χ0v) is 18.3. The molecule has 0 spiro atoms. The van der Waals surface area contributed by atoms with E-state index in [1.165, 1.54) is 44.3 Å². The average Bonchev–Trinajstić information content (AvgIpc) is 2.69. The van der Waals surface area contributed by atoms with Gasteiger partial charge in [0.05, 0.1) is 22.8 Å². The second-order valence-corrected chi connectivity index (χ2v) is 8.33. The predicted molar refractivity (Wildman–Crippen MR) is 117 cm³/mol. The molecule has 30 heavy (non-hydrogen) atoms. The number of carbonyl (C=O) groups excluding carboxylic acids is 2. The zero-order valence-electron chi connectivity index (χ0n) is 17.5. The number of nitrogens with zero attached hydrogens (tertiary/aromatic N) is 2. The lowest BCUT2D eigenvalue weighted by molar-refractivity contribution is -0.117. The molecule has 0 saturated carbocycles. The van der Waals surface area contributed by atoms with Gasteiger partial charge < -0.3 is 15.5 Å². The van der Waals surface area contributed by atoms with Crippen molar-refractivity contribution in [2.75, 3.05) is 28.6 Å². The van der Waals surface area contributed by atoms with Crippen molar-refractivity contribution in [3.8, 4) is 0 Å².